The van der Waals surface area contributed by atoms with Crippen molar-refractivity contribution in [3.05, 3.63) is 0 Å². The Kier molecular flexibility index (Phi) is 25.7. The highest BCUT2D eigenvalue weighted by atomic mass is 31.0. The molecule has 0 radical (unpaired) electrons. The minimum atomic E-state index is -1.01. The average Bonchev–Trinajstić information content (AvgIpc) is 3.96. The number of nitrogens with one attached hydrogen (secondary N) is 10. The minimum absolute atomic E-state index is 0.0171. The third-order valence-corrected chi connectivity index (χ3v) is 10.6. The fourth-order valence-electron chi connectivity index (χ4n) is 6.40. The molecule has 18 nitrogen and oxygen atoms in total. The molecule has 1 aliphatic rings. The molecular weight excluding hydrogens is 791 g/mol. The van der Waals surface area contributed by atoms with Crippen LogP contribution in [0.4, 0.5) is 0 Å². The molecule has 1 fully saturated rings. The van der Waals surface area contributed by atoms with E-state index in [1.165, 1.54) is 0 Å². The Morgan fingerprint density at radius 3 is 1.32 bits per heavy atom. The molecule has 0 aromatic carbocycles. The van der Waals surface area contributed by atoms with Gasteiger partial charge in [-0.2, -0.15) is 0 Å². The van der Waals surface area contributed by atoms with Crippen molar-refractivity contribution in [2.75, 3.05) is 33.2 Å². The molecule has 0 bridgehead atoms. The van der Waals surface area contributed by atoms with E-state index in [-0.39, 0.29) is 55.4 Å². The van der Waals surface area contributed by atoms with Crippen LogP contribution in [-0.4, -0.2) is 111 Å². The van der Waals surface area contributed by atoms with Crippen molar-refractivity contribution in [2.24, 2.45) is 35.3 Å². The smallest absolute Gasteiger partial charge is 0.243 e. The molecule has 11 atom stereocenters. The fraction of sp³-hybridized carbons (Fsp3) is 0.806. The van der Waals surface area contributed by atoms with Crippen LogP contribution in [0.5, 0.6) is 0 Å². The number of hydrogen-bond acceptors (Lipinski definition) is 11. The summed E-state index contributed by atoms with van der Waals surface area (Å²) in [4.78, 5) is 92.2. The Hall–Kier alpha value is -2.58. The second-order valence-electron chi connectivity index (χ2n) is 15.9. The molecule has 7 amide bonds. The van der Waals surface area contributed by atoms with Gasteiger partial charge in [0.05, 0.1) is 6.04 Å². The van der Waals surface area contributed by atoms with Crippen LogP contribution in [-0.2, 0) is 33.6 Å². The number of nitrogens with two attached hydrogens (primary N) is 1. The van der Waals surface area contributed by atoms with E-state index >= 15 is 0 Å². The largest absolute Gasteiger partial charge is 0.368 e. The molecule has 57 heavy (non-hydrogen) atoms. The van der Waals surface area contributed by atoms with E-state index in [0.717, 1.165) is 6.42 Å². The third-order valence-electron chi connectivity index (χ3n) is 9.77. The first kappa shape index (κ1) is 52.4. The number of carbonyl (C=O) groups excluding carboxylic acids is 7. The van der Waals surface area contributed by atoms with Crippen molar-refractivity contribution < 1.29 is 33.6 Å². The summed E-state index contributed by atoms with van der Waals surface area (Å²) in [5.74, 6) is -2.76. The van der Waals surface area contributed by atoms with Crippen LogP contribution >= 0.6 is 28.2 Å². The number of amides is 7. The summed E-state index contributed by atoms with van der Waals surface area (Å²) in [6.07, 6.45) is 2.33. The molecule has 328 valence electrons. The van der Waals surface area contributed by atoms with Gasteiger partial charge in [-0.1, -0.05) is 69.7 Å². The lowest BCUT2D eigenvalue weighted by Gasteiger charge is -2.26. The lowest BCUT2D eigenvalue weighted by atomic mass is 10.0. The fourth-order valence-corrected chi connectivity index (χ4v) is 6.90. The molecule has 0 aromatic rings. The molecule has 11 unspecified atom stereocenters. The average molecular weight is 864 g/mol. The molecule has 0 spiro atoms. The van der Waals surface area contributed by atoms with Crippen molar-refractivity contribution in [3.63, 3.8) is 0 Å². The first-order valence-corrected chi connectivity index (χ1v) is 21.7. The third kappa shape index (κ3) is 20.3. The van der Waals surface area contributed by atoms with Crippen LogP contribution in [0.25, 0.3) is 0 Å². The van der Waals surface area contributed by atoms with Gasteiger partial charge < -0.3 is 58.2 Å². The SMILES string of the molecule is CNC(CCNC(=O)C(CC(C)C)NC(=O)C(CCNP)NC(=O)C(CCNP)NC(=O)C1CC1C(C)C)C(=O)NC(CCNP)C(=O)NC(CC(C)C)C(N)=O. The predicted molar refractivity (Wildman–Crippen MR) is 232 cm³/mol. The molecule has 0 aliphatic heterocycles. The van der Waals surface area contributed by atoms with Crippen LogP contribution in [0.2, 0.25) is 0 Å². The number of primary amides is 1. The van der Waals surface area contributed by atoms with E-state index in [1.807, 2.05) is 27.7 Å². The highest BCUT2D eigenvalue weighted by Gasteiger charge is 2.45. The van der Waals surface area contributed by atoms with E-state index in [4.69, 9.17) is 5.73 Å². The van der Waals surface area contributed by atoms with Crippen molar-refractivity contribution in [2.45, 2.75) is 123 Å². The first-order chi connectivity index (χ1) is 26.9. The zero-order valence-corrected chi connectivity index (χ0v) is 38.3. The summed E-state index contributed by atoms with van der Waals surface area (Å²) in [6.45, 7) is 13.0. The number of likely N-dealkylation sites (N-methyl/N-ethyl adjacent to an activating group) is 1. The Balaban J connectivity index is 2.99. The van der Waals surface area contributed by atoms with Gasteiger partial charge in [0.25, 0.3) is 0 Å². The van der Waals surface area contributed by atoms with Gasteiger partial charge in [0.2, 0.25) is 41.4 Å². The summed E-state index contributed by atoms with van der Waals surface area (Å²) >= 11 is 0. The van der Waals surface area contributed by atoms with Crippen molar-refractivity contribution in [1.82, 2.24) is 52.5 Å². The second kappa shape index (κ2) is 28.0. The molecular formula is C36H72N11O7P3. The van der Waals surface area contributed by atoms with Gasteiger partial charge in [0.15, 0.2) is 0 Å². The van der Waals surface area contributed by atoms with Gasteiger partial charge in [-0.25, -0.2) is 0 Å². The van der Waals surface area contributed by atoms with Crippen LogP contribution in [0.3, 0.4) is 0 Å². The van der Waals surface area contributed by atoms with Gasteiger partial charge >= 0.3 is 0 Å². The Morgan fingerprint density at radius 1 is 0.544 bits per heavy atom. The Labute approximate surface area is 346 Å². The van der Waals surface area contributed by atoms with Gasteiger partial charge in [-0.15, -0.1) is 0 Å². The quantitative estimate of drug-likeness (QED) is 0.0378. The van der Waals surface area contributed by atoms with Crippen LogP contribution in [0, 0.1) is 29.6 Å². The van der Waals surface area contributed by atoms with Gasteiger partial charge in [-0.3, -0.25) is 33.6 Å². The lowest BCUT2D eigenvalue weighted by molar-refractivity contribution is -0.134. The predicted octanol–water partition coefficient (Wildman–Crippen LogP) is -1.32. The van der Waals surface area contributed by atoms with Crippen LogP contribution in [0.15, 0.2) is 0 Å². The maximum atomic E-state index is 13.7. The summed E-state index contributed by atoms with van der Waals surface area (Å²) in [7, 11) is 8.64. The lowest BCUT2D eigenvalue weighted by Crippen LogP contribution is -2.58. The van der Waals surface area contributed by atoms with Gasteiger partial charge in [0.1, 0.15) is 30.2 Å². The number of carbonyl (C=O) groups is 7. The maximum Gasteiger partial charge on any atom is 0.243 e. The normalized spacial score (nSPS) is 18.1. The number of hydrogen-bond donors (Lipinski definition) is 11. The maximum absolute atomic E-state index is 13.7. The zero-order valence-electron chi connectivity index (χ0n) is 34.8. The Morgan fingerprint density at radius 2 is 0.930 bits per heavy atom. The number of rotatable bonds is 30. The second-order valence-corrected chi connectivity index (χ2v) is 17.1. The molecule has 12 N–H and O–H groups in total. The van der Waals surface area contributed by atoms with E-state index in [1.54, 1.807) is 7.05 Å². The summed E-state index contributed by atoms with van der Waals surface area (Å²) < 4.78 is 0. The molecule has 1 rings (SSSR count). The summed E-state index contributed by atoms with van der Waals surface area (Å²) in [5, 5.41) is 28.4. The van der Waals surface area contributed by atoms with Crippen molar-refractivity contribution in [1.29, 1.82) is 0 Å². The highest BCUT2D eigenvalue weighted by molar-refractivity contribution is 7.14. The standard InChI is InChI=1S/C36H72N11O7P3/c1-19(2)16-28(30(37)48)46-35(53)26(10-14-41-56)44-33(51)24(38-7)8-12-39-32(50)29(17-20(3)4)47-36(54)27(11-15-42-57)45-34(52)25(9-13-40-55)43-31(49)23-18-22(23)21(5)6/h19-29,38,40-42H,8-18,55-57H2,1-7H3,(H2,37,48)(H,39,50)(H,43,49)(H,44,51)(H,45,52)(H,46,53)(H,47,54). The highest BCUT2D eigenvalue weighted by Crippen LogP contribution is 2.44. The first-order valence-electron chi connectivity index (χ1n) is 20.0. The molecule has 0 aromatic heterocycles. The molecule has 0 saturated heterocycles. The minimum Gasteiger partial charge on any atom is -0.368 e. The van der Waals surface area contributed by atoms with Gasteiger partial charge in [0, 0.05) is 32.1 Å². The van der Waals surface area contributed by atoms with E-state index < -0.39 is 71.7 Å². The van der Waals surface area contributed by atoms with Crippen LogP contribution in [0.1, 0.15) is 86.5 Å². The van der Waals surface area contributed by atoms with Gasteiger partial charge in [-0.05, 0) is 75.7 Å². The van der Waals surface area contributed by atoms with Crippen molar-refractivity contribution in [3.8, 4) is 0 Å². The molecule has 0 heterocycles. The topological polar surface area (TPSA) is 266 Å². The van der Waals surface area contributed by atoms with Crippen molar-refractivity contribution >= 4 is 69.5 Å². The van der Waals surface area contributed by atoms with E-state index in [9.17, 15) is 33.6 Å². The molecule has 1 saturated carbocycles. The van der Waals surface area contributed by atoms with E-state index in [0.29, 0.717) is 44.8 Å². The van der Waals surface area contributed by atoms with Crippen LogP contribution < -0.4 is 58.2 Å². The summed E-state index contributed by atoms with van der Waals surface area (Å²) in [6, 6.07) is -5.46. The zero-order chi connectivity index (χ0) is 43.2. The van der Waals surface area contributed by atoms with E-state index in [2.05, 4.69) is 94.5 Å². The monoisotopic (exact) mass is 863 g/mol. The Bertz CT molecular complexity index is 1310. The molecule has 1 aliphatic carbocycles. The molecule has 21 heteroatoms. The summed E-state index contributed by atoms with van der Waals surface area (Å²) in [5.41, 5.74) is 5.51.